The molecule has 0 radical (unpaired) electrons. The van der Waals surface area contributed by atoms with Crippen molar-refractivity contribution in [3.8, 4) is 17.2 Å². The third-order valence-electron chi connectivity index (χ3n) is 5.73. The van der Waals surface area contributed by atoms with Crippen LogP contribution in [-0.4, -0.2) is 59.0 Å². The Balaban J connectivity index is 1.57. The Hall–Kier alpha value is -2.71. The standard InChI is InChI=1S/C24H28ClFN4O3/c1-17-28-20-16-27-23(25)15-19(20)24(31)30(17)21-7-6-18(14-22(21)33-13-8-26)32-12-5-11-29-9-3-2-4-10-29/h6-7,14-16H,2-5,8-13H2,1H3. The van der Waals surface area contributed by atoms with Crippen LogP contribution in [0.2, 0.25) is 5.15 Å². The summed E-state index contributed by atoms with van der Waals surface area (Å²) in [7, 11) is 0. The van der Waals surface area contributed by atoms with Gasteiger partial charge in [-0.25, -0.2) is 14.4 Å². The predicted octanol–water partition coefficient (Wildman–Crippen LogP) is 4.35. The maximum absolute atomic E-state index is 13.2. The van der Waals surface area contributed by atoms with Crippen molar-refractivity contribution in [1.29, 1.82) is 0 Å². The third-order valence-corrected chi connectivity index (χ3v) is 5.94. The molecular weight excluding hydrogens is 447 g/mol. The average Bonchev–Trinajstić information content (AvgIpc) is 2.82. The molecule has 1 aliphatic heterocycles. The summed E-state index contributed by atoms with van der Waals surface area (Å²) in [5.41, 5.74) is 0.620. The smallest absolute Gasteiger partial charge is 0.266 e. The largest absolute Gasteiger partial charge is 0.493 e. The van der Waals surface area contributed by atoms with Crippen LogP contribution >= 0.6 is 11.6 Å². The van der Waals surface area contributed by atoms with E-state index < -0.39 is 6.67 Å². The van der Waals surface area contributed by atoms with Crippen molar-refractivity contribution < 1.29 is 13.9 Å². The van der Waals surface area contributed by atoms with Gasteiger partial charge in [0.15, 0.2) is 0 Å². The van der Waals surface area contributed by atoms with E-state index in [-0.39, 0.29) is 17.3 Å². The Morgan fingerprint density at radius 3 is 2.73 bits per heavy atom. The molecule has 0 N–H and O–H groups in total. The van der Waals surface area contributed by atoms with E-state index in [4.69, 9.17) is 21.1 Å². The number of aromatic nitrogens is 3. The minimum absolute atomic E-state index is 0.129. The average molecular weight is 475 g/mol. The molecule has 4 rings (SSSR count). The molecule has 3 heterocycles. The van der Waals surface area contributed by atoms with Gasteiger partial charge in [-0.3, -0.25) is 9.36 Å². The maximum atomic E-state index is 13.2. The quantitative estimate of drug-likeness (QED) is 0.339. The zero-order chi connectivity index (χ0) is 23.2. The molecule has 0 unspecified atom stereocenters. The van der Waals surface area contributed by atoms with Gasteiger partial charge < -0.3 is 14.4 Å². The number of aryl methyl sites for hydroxylation is 1. The van der Waals surface area contributed by atoms with Gasteiger partial charge in [-0.15, -0.1) is 0 Å². The molecular formula is C24H28ClFN4O3. The molecule has 0 aliphatic carbocycles. The number of fused-ring (bicyclic) bond motifs is 1. The maximum Gasteiger partial charge on any atom is 0.266 e. The highest BCUT2D eigenvalue weighted by Gasteiger charge is 2.16. The molecule has 3 aromatic rings. The zero-order valence-electron chi connectivity index (χ0n) is 18.7. The number of hydrogen-bond acceptors (Lipinski definition) is 6. The molecule has 1 saturated heterocycles. The Bertz CT molecular complexity index is 1160. The van der Waals surface area contributed by atoms with Crippen LogP contribution in [0.3, 0.4) is 0 Å². The monoisotopic (exact) mass is 474 g/mol. The number of likely N-dealkylation sites (tertiary alicyclic amines) is 1. The Kier molecular flexibility index (Phi) is 7.77. The number of ether oxygens (including phenoxy) is 2. The van der Waals surface area contributed by atoms with E-state index in [2.05, 4.69) is 14.9 Å². The summed E-state index contributed by atoms with van der Waals surface area (Å²) in [4.78, 5) is 24.2. The Morgan fingerprint density at radius 1 is 1.12 bits per heavy atom. The van der Waals surface area contributed by atoms with Gasteiger partial charge in [-0.2, -0.15) is 0 Å². The molecule has 9 heteroatoms. The van der Waals surface area contributed by atoms with Crippen molar-refractivity contribution in [2.24, 2.45) is 0 Å². The van der Waals surface area contributed by atoms with Crippen LogP contribution in [0.4, 0.5) is 4.39 Å². The molecule has 176 valence electrons. The summed E-state index contributed by atoms with van der Waals surface area (Å²) in [6, 6.07) is 6.71. The number of hydrogen-bond donors (Lipinski definition) is 0. The fraction of sp³-hybridized carbons (Fsp3) is 0.458. The summed E-state index contributed by atoms with van der Waals surface area (Å²) in [6.45, 7) is 4.84. The highest BCUT2D eigenvalue weighted by Crippen LogP contribution is 2.29. The number of pyridine rings is 1. The topological polar surface area (TPSA) is 69.5 Å². The molecule has 2 aromatic heterocycles. The highest BCUT2D eigenvalue weighted by atomic mass is 35.5. The van der Waals surface area contributed by atoms with Gasteiger partial charge in [0.25, 0.3) is 5.56 Å². The molecule has 1 aliphatic rings. The van der Waals surface area contributed by atoms with Gasteiger partial charge in [0, 0.05) is 12.6 Å². The minimum Gasteiger partial charge on any atom is -0.493 e. The second kappa shape index (κ2) is 10.9. The molecule has 33 heavy (non-hydrogen) atoms. The van der Waals surface area contributed by atoms with Crippen LogP contribution in [0.15, 0.2) is 35.3 Å². The molecule has 1 aromatic carbocycles. The summed E-state index contributed by atoms with van der Waals surface area (Å²) < 4.78 is 25.9. The van der Waals surface area contributed by atoms with Gasteiger partial charge >= 0.3 is 0 Å². The number of benzene rings is 1. The Labute approximate surface area is 197 Å². The first kappa shape index (κ1) is 23.4. The minimum atomic E-state index is -0.647. The lowest BCUT2D eigenvalue weighted by Crippen LogP contribution is -2.31. The SMILES string of the molecule is Cc1nc2cnc(Cl)cc2c(=O)n1-c1ccc(OCCCN2CCCCC2)cc1OCCF. The van der Waals surface area contributed by atoms with Gasteiger partial charge in [0.1, 0.15) is 35.8 Å². The van der Waals surface area contributed by atoms with Crippen molar-refractivity contribution in [3.63, 3.8) is 0 Å². The molecule has 0 saturated carbocycles. The fourth-order valence-electron chi connectivity index (χ4n) is 4.15. The van der Waals surface area contributed by atoms with Crippen LogP contribution in [0.5, 0.6) is 11.5 Å². The third kappa shape index (κ3) is 5.62. The lowest BCUT2D eigenvalue weighted by Gasteiger charge is -2.26. The van der Waals surface area contributed by atoms with Crippen LogP contribution < -0.4 is 15.0 Å². The first-order chi connectivity index (χ1) is 16.1. The molecule has 0 spiro atoms. The second-order valence-corrected chi connectivity index (χ2v) is 8.48. The van der Waals surface area contributed by atoms with E-state index in [9.17, 15) is 9.18 Å². The van der Waals surface area contributed by atoms with E-state index in [1.807, 2.05) is 0 Å². The molecule has 0 bridgehead atoms. The number of alkyl halides is 1. The van der Waals surface area contributed by atoms with Crippen LogP contribution in [0.1, 0.15) is 31.5 Å². The number of piperidine rings is 1. The zero-order valence-corrected chi connectivity index (χ0v) is 19.5. The first-order valence-corrected chi connectivity index (χ1v) is 11.7. The number of rotatable bonds is 9. The number of nitrogens with zero attached hydrogens (tertiary/aromatic N) is 4. The van der Waals surface area contributed by atoms with Crippen molar-refractivity contribution in [3.05, 3.63) is 51.8 Å². The van der Waals surface area contributed by atoms with E-state index in [1.54, 1.807) is 25.1 Å². The van der Waals surface area contributed by atoms with E-state index >= 15 is 0 Å². The number of halogens is 2. The summed E-state index contributed by atoms with van der Waals surface area (Å²) >= 11 is 5.99. The summed E-state index contributed by atoms with van der Waals surface area (Å²) in [5.74, 6) is 1.42. The predicted molar refractivity (Wildman–Crippen MR) is 127 cm³/mol. The van der Waals surface area contributed by atoms with Crippen molar-refractivity contribution in [2.45, 2.75) is 32.6 Å². The van der Waals surface area contributed by atoms with Gasteiger partial charge in [0.05, 0.1) is 29.4 Å². The van der Waals surface area contributed by atoms with Crippen LogP contribution in [0, 0.1) is 6.92 Å². The second-order valence-electron chi connectivity index (χ2n) is 8.10. The van der Waals surface area contributed by atoms with Crippen LogP contribution in [0.25, 0.3) is 16.6 Å². The molecule has 0 atom stereocenters. The lowest BCUT2D eigenvalue weighted by atomic mass is 10.1. The summed E-state index contributed by atoms with van der Waals surface area (Å²) in [6.07, 6.45) is 6.24. The van der Waals surface area contributed by atoms with Gasteiger partial charge in [0.2, 0.25) is 0 Å². The van der Waals surface area contributed by atoms with E-state index in [0.717, 1.165) is 26.1 Å². The van der Waals surface area contributed by atoms with Crippen molar-refractivity contribution >= 4 is 22.5 Å². The normalized spacial score (nSPS) is 14.5. The lowest BCUT2D eigenvalue weighted by molar-refractivity contribution is 0.204. The Morgan fingerprint density at radius 2 is 1.94 bits per heavy atom. The molecule has 7 nitrogen and oxygen atoms in total. The highest BCUT2D eigenvalue weighted by molar-refractivity contribution is 6.30. The van der Waals surface area contributed by atoms with Gasteiger partial charge in [-0.1, -0.05) is 18.0 Å². The van der Waals surface area contributed by atoms with E-state index in [0.29, 0.717) is 40.5 Å². The van der Waals surface area contributed by atoms with Crippen molar-refractivity contribution in [2.75, 3.05) is 39.5 Å². The van der Waals surface area contributed by atoms with E-state index in [1.165, 1.54) is 36.1 Å². The van der Waals surface area contributed by atoms with Crippen LogP contribution in [-0.2, 0) is 0 Å². The first-order valence-electron chi connectivity index (χ1n) is 11.3. The molecule has 1 fully saturated rings. The van der Waals surface area contributed by atoms with Gasteiger partial charge in [-0.05, 0) is 57.5 Å². The van der Waals surface area contributed by atoms with Crippen molar-refractivity contribution in [1.82, 2.24) is 19.4 Å². The fourth-order valence-corrected chi connectivity index (χ4v) is 4.31. The molecule has 0 amide bonds. The summed E-state index contributed by atoms with van der Waals surface area (Å²) in [5, 5.41) is 0.550.